The van der Waals surface area contributed by atoms with Crippen molar-refractivity contribution < 1.29 is 4.79 Å². The van der Waals surface area contributed by atoms with E-state index in [0.29, 0.717) is 13.0 Å². The van der Waals surface area contributed by atoms with Crippen LogP contribution in [-0.4, -0.2) is 5.91 Å². The lowest BCUT2D eigenvalue weighted by Gasteiger charge is -2.17. The molecule has 1 heterocycles. The lowest BCUT2D eigenvalue weighted by atomic mass is 10.1. The van der Waals surface area contributed by atoms with Gasteiger partial charge in [0.05, 0.1) is 13.0 Å². The molecule has 0 aliphatic carbocycles. The molecule has 0 radical (unpaired) electrons. The summed E-state index contributed by atoms with van der Waals surface area (Å²) in [7, 11) is 0. The van der Waals surface area contributed by atoms with Crippen LogP contribution in [0.2, 0.25) is 0 Å². The van der Waals surface area contributed by atoms with Crippen LogP contribution in [-0.2, 0) is 17.8 Å². The Balaban J connectivity index is 1.92. The van der Waals surface area contributed by atoms with Gasteiger partial charge in [0.15, 0.2) is 0 Å². The fourth-order valence-corrected chi connectivity index (χ4v) is 3.35. The summed E-state index contributed by atoms with van der Waals surface area (Å²) < 4.78 is 2.22. The summed E-state index contributed by atoms with van der Waals surface area (Å²) in [4.78, 5) is 14.0. The lowest BCUT2D eigenvalue weighted by molar-refractivity contribution is -0.117. The minimum Gasteiger partial charge on any atom is -0.307 e. The van der Waals surface area contributed by atoms with Crippen LogP contribution in [0.4, 0.5) is 5.69 Å². The molecular formula is C15H11BrINO. The van der Waals surface area contributed by atoms with Gasteiger partial charge in [0, 0.05) is 13.7 Å². The Labute approximate surface area is 134 Å². The maximum Gasteiger partial charge on any atom is 0.231 e. The van der Waals surface area contributed by atoms with Gasteiger partial charge >= 0.3 is 0 Å². The summed E-state index contributed by atoms with van der Waals surface area (Å²) in [5, 5.41) is 0. The molecule has 2 nitrogen and oxygen atoms in total. The smallest absolute Gasteiger partial charge is 0.231 e. The molecule has 0 saturated carbocycles. The van der Waals surface area contributed by atoms with E-state index in [9.17, 15) is 4.79 Å². The van der Waals surface area contributed by atoms with Crippen molar-refractivity contribution in [2.24, 2.45) is 0 Å². The zero-order valence-corrected chi connectivity index (χ0v) is 13.8. The fraction of sp³-hybridized carbons (Fsp3) is 0.133. The van der Waals surface area contributed by atoms with Crippen LogP contribution in [0.15, 0.2) is 46.9 Å². The highest BCUT2D eigenvalue weighted by Crippen LogP contribution is 2.31. The Kier molecular flexibility index (Phi) is 3.62. The first kappa shape index (κ1) is 13.1. The average molecular weight is 428 g/mol. The van der Waals surface area contributed by atoms with E-state index < -0.39 is 0 Å². The molecule has 1 aliphatic heterocycles. The summed E-state index contributed by atoms with van der Waals surface area (Å²) in [5.74, 6) is 0.178. The predicted molar refractivity (Wildman–Crippen MR) is 88.2 cm³/mol. The van der Waals surface area contributed by atoms with Crippen molar-refractivity contribution in [3.05, 3.63) is 61.6 Å². The molecule has 0 aromatic heterocycles. The van der Waals surface area contributed by atoms with Gasteiger partial charge in [-0.2, -0.15) is 0 Å². The van der Waals surface area contributed by atoms with Crippen LogP contribution >= 0.6 is 38.5 Å². The summed E-state index contributed by atoms with van der Waals surface area (Å²) >= 11 is 5.74. The number of benzene rings is 2. The van der Waals surface area contributed by atoms with Gasteiger partial charge in [-0.15, -0.1) is 0 Å². The van der Waals surface area contributed by atoms with Gasteiger partial charge in [0.1, 0.15) is 0 Å². The van der Waals surface area contributed by atoms with E-state index in [1.807, 2.05) is 35.2 Å². The number of hydrogen-bond acceptors (Lipinski definition) is 1. The second-order valence-electron chi connectivity index (χ2n) is 4.56. The number of fused-ring (bicyclic) bond motifs is 1. The Hall–Kier alpha value is -0.880. The number of nitrogens with zero attached hydrogens (tertiary/aromatic N) is 1. The van der Waals surface area contributed by atoms with Crippen molar-refractivity contribution in [3.8, 4) is 0 Å². The first-order valence-electron chi connectivity index (χ1n) is 5.97. The number of carbonyl (C=O) groups excluding carboxylic acids is 1. The number of rotatable bonds is 2. The first-order valence-corrected chi connectivity index (χ1v) is 7.84. The van der Waals surface area contributed by atoms with Crippen LogP contribution in [0.3, 0.4) is 0 Å². The van der Waals surface area contributed by atoms with Crippen LogP contribution in [0, 0.1) is 3.57 Å². The molecule has 2 aromatic rings. The zero-order valence-electron chi connectivity index (χ0n) is 10.1. The number of anilines is 1. The molecule has 0 unspecified atom stereocenters. The molecule has 19 heavy (non-hydrogen) atoms. The number of hydrogen-bond donors (Lipinski definition) is 0. The van der Waals surface area contributed by atoms with Crippen molar-refractivity contribution in [2.75, 3.05) is 4.90 Å². The van der Waals surface area contributed by atoms with Crippen molar-refractivity contribution in [1.29, 1.82) is 0 Å². The molecule has 1 aliphatic rings. The van der Waals surface area contributed by atoms with Crippen molar-refractivity contribution in [2.45, 2.75) is 13.0 Å². The van der Waals surface area contributed by atoms with E-state index >= 15 is 0 Å². The molecule has 0 spiro atoms. The van der Waals surface area contributed by atoms with Gasteiger partial charge in [-0.05, 0) is 64.0 Å². The van der Waals surface area contributed by atoms with Crippen LogP contribution in [0.25, 0.3) is 0 Å². The number of carbonyl (C=O) groups is 1. The zero-order chi connectivity index (χ0) is 13.4. The summed E-state index contributed by atoms with van der Waals surface area (Å²) in [6.07, 6.45) is 0.514. The minimum atomic E-state index is 0.178. The third kappa shape index (κ3) is 2.69. The van der Waals surface area contributed by atoms with E-state index in [-0.39, 0.29) is 5.91 Å². The second-order valence-corrected chi connectivity index (χ2v) is 6.72. The SMILES string of the molecule is O=C1Cc2cc(I)ccc2N1Cc1cccc(Br)c1. The van der Waals surface area contributed by atoms with Crippen molar-refractivity contribution in [1.82, 2.24) is 0 Å². The Bertz CT molecular complexity index is 656. The van der Waals surface area contributed by atoms with Crippen LogP contribution in [0.1, 0.15) is 11.1 Å². The molecule has 0 atom stereocenters. The highest BCUT2D eigenvalue weighted by atomic mass is 127. The Morgan fingerprint density at radius 3 is 2.84 bits per heavy atom. The molecule has 96 valence electrons. The second kappa shape index (κ2) is 5.25. The number of amides is 1. The third-order valence-corrected chi connectivity index (χ3v) is 4.37. The molecule has 1 amide bonds. The minimum absolute atomic E-state index is 0.178. The quantitative estimate of drug-likeness (QED) is 0.659. The molecule has 0 saturated heterocycles. The van der Waals surface area contributed by atoms with Crippen molar-refractivity contribution >= 4 is 50.1 Å². The van der Waals surface area contributed by atoms with Gasteiger partial charge in [0.2, 0.25) is 5.91 Å². The molecule has 2 aromatic carbocycles. The van der Waals surface area contributed by atoms with Crippen molar-refractivity contribution in [3.63, 3.8) is 0 Å². The Morgan fingerprint density at radius 1 is 1.21 bits per heavy atom. The summed E-state index contributed by atoms with van der Waals surface area (Å²) in [6.45, 7) is 0.631. The summed E-state index contributed by atoms with van der Waals surface area (Å²) in [5.41, 5.74) is 3.31. The molecular weight excluding hydrogens is 417 g/mol. The maximum absolute atomic E-state index is 12.1. The maximum atomic E-state index is 12.1. The highest BCUT2D eigenvalue weighted by Gasteiger charge is 2.27. The monoisotopic (exact) mass is 427 g/mol. The molecule has 4 heteroatoms. The standard InChI is InChI=1S/C15H11BrINO/c16-12-3-1-2-10(6-12)9-18-14-5-4-13(17)7-11(14)8-15(18)19/h1-7H,8-9H2. The van der Waals surface area contributed by atoms with Crippen LogP contribution < -0.4 is 4.90 Å². The van der Waals surface area contributed by atoms with Gasteiger partial charge in [-0.3, -0.25) is 4.79 Å². The largest absolute Gasteiger partial charge is 0.307 e. The van der Waals surface area contributed by atoms with E-state index in [4.69, 9.17) is 0 Å². The average Bonchev–Trinajstić information content (AvgIpc) is 2.65. The van der Waals surface area contributed by atoms with E-state index in [0.717, 1.165) is 21.3 Å². The lowest BCUT2D eigenvalue weighted by Crippen LogP contribution is -2.25. The van der Waals surface area contributed by atoms with Gasteiger partial charge < -0.3 is 4.90 Å². The first-order chi connectivity index (χ1) is 9.13. The molecule has 0 N–H and O–H groups in total. The fourth-order valence-electron chi connectivity index (χ4n) is 2.34. The number of halogens is 2. The van der Waals surface area contributed by atoms with E-state index in [2.05, 4.69) is 50.7 Å². The van der Waals surface area contributed by atoms with Crippen LogP contribution in [0.5, 0.6) is 0 Å². The van der Waals surface area contributed by atoms with Gasteiger partial charge in [-0.25, -0.2) is 0 Å². The topological polar surface area (TPSA) is 20.3 Å². The summed E-state index contributed by atoms with van der Waals surface area (Å²) in [6, 6.07) is 14.3. The molecule has 3 rings (SSSR count). The molecule has 0 bridgehead atoms. The molecule has 0 fully saturated rings. The van der Waals surface area contributed by atoms with Gasteiger partial charge in [-0.1, -0.05) is 28.1 Å². The third-order valence-electron chi connectivity index (χ3n) is 3.20. The predicted octanol–water partition coefficient (Wildman–Crippen LogP) is 4.14. The Morgan fingerprint density at radius 2 is 2.05 bits per heavy atom. The van der Waals surface area contributed by atoms with Gasteiger partial charge in [0.25, 0.3) is 0 Å². The van der Waals surface area contributed by atoms with E-state index in [1.54, 1.807) is 0 Å². The highest BCUT2D eigenvalue weighted by molar-refractivity contribution is 14.1. The van der Waals surface area contributed by atoms with E-state index in [1.165, 1.54) is 3.57 Å². The normalized spacial score (nSPS) is 13.8.